The standard InChI is InChI=1S/C16H27N5O/c1-20(2)16-10-15(17-12-18-16)19-13-5-7-21(8-6-13)11-14-4-3-9-22-14/h10,12-14H,3-9,11H2,1-2H3,(H,17,18,19). The van der Waals surface area contributed by atoms with Crippen LogP contribution in [0.4, 0.5) is 11.6 Å². The van der Waals surface area contributed by atoms with Crippen molar-refractivity contribution in [2.75, 3.05) is 50.6 Å². The smallest absolute Gasteiger partial charge is 0.133 e. The molecule has 1 aromatic heterocycles. The number of aromatic nitrogens is 2. The zero-order valence-electron chi connectivity index (χ0n) is 13.7. The largest absolute Gasteiger partial charge is 0.377 e. The Morgan fingerprint density at radius 1 is 1.27 bits per heavy atom. The third-order valence-electron chi connectivity index (χ3n) is 4.54. The van der Waals surface area contributed by atoms with Crippen molar-refractivity contribution in [2.45, 2.75) is 37.8 Å². The van der Waals surface area contributed by atoms with Crippen molar-refractivity contribution in [3.8, 4) is 0 Å². The Kier molecular flexibility index (Phi) is 5.10. The highest BCUT2D eigenvalue weighted by Gasteiger charge is 2.24. The summed E-state index contributed by atoms with van der Waals surface area (Å²) in [7, 11) is 3.99. The van der Waals surface area contributed by atoms with Gasteiger partial charge in [-0.05, 0) is 25.7 Å². The second-order valence-electron chi connectivity index (χ2n) is 6.51. The monoisotopic (exact) mass is 305 g/mol. The van der Waals surface area contributed by atoms with Crippen molar-refractivity contribution in [3.05, 3.63) is 12.4 Å². The van der Waals surface area contributed by atoms with Crippen LogP contribution in [0.5, 0.6) is 0 Å². The molecule has 0 aromatic carbocycles. The van der Waals surface area contributed by atoms with Gasteiger partial charge in [-0.2, -0.15) is 0 Å². The minimum absolute atomic E-state index is 0.467. The Balaban J connectivity index is 1.46. The molecule has 6 nitrogen and oxygen atoms in total. The molecule has 0 saturated carbocycles. The summed E-state index contributed by atoms with van der Waals surface area (Å²) in [6.07, 6.45) is 6.87. The highest BCUT2D eigenvalue weighted by molar-refractivity contribution is 5.47. The number of likely N-dealkylation sites (tertiary alicyclic amines) is 1. The lowest BCUT2D eigenvalue weighted by Crippen LogP contribution is -2.42. The summed E-state index contributed by atoms with van der Waals surface area (Å²) in [5, 5.41) is 3.55. The van der Waals surface area contributed by atoms with Gasteiger partial charge in [0.2, 0.25) is 0 Å². The van der Waals surface area contributed by atoms with E-state index in [9.17, 15) is 0 Å². The van der Waals surface area contributed by atoms with Gasteiger partial charge in [-0.3, -0.25) is 0 Å². The van der Waals surface area contributed by atoms with Crippen molar-refractivity contribution in [2.24, 2.45) is 0 Å². The highest BCUT2D eigenvalue weighted by atomic mass is 16.5. The van der Waals surface area contributed by atoms with Crippen LogP contribution in [-0.2, 0) is 4.74 Å². The maximum Gasteiger partial charge on any atom is 0.133 e. The summed E-state index contributed by atoms with van der Waals surface area (Å²) in [5.74, 6) is 1.87. The van der Waals surface area contributed by atoms with E-state index in [0.717, 1.165) is 50.7 Å². The summed E-state index contributed by atoms with van der Waals surface area (Å²) in [6, 6.07) is 2.52. The number of hydrogen-bond acceptors (Lipinski definition) is 6. The summed E-state index contributed by atoms with van der Waals surface area (Å²) in [4.78, 5) is 13.1. The Bertz CT molecular complexity index is 467. The van der Waals surface area contributed by atoms with Gasteiger partial charge in [0.05, 0.1) is 6.10 Å². The molecule has 2 aliphatic rings. The number of rotatable bonds is 5. The van der Waals surface area contributed by atoms with Gasteiger partial charge in [0.25, 0.3) is 0 Å². The van der Waals surface area contributed by atoms with E-state index >= 15 is 0 Å². The molecule has 1 unspecified atom stereocenters. The molecule has 0 aliphatic carbocycles. The van der Waals surface area contributed by atoms with Crippen LogP contribution in [0.2, 0.25) is 0 Å². The predicted molar refractivity (Wildman–Crippen MR) is 88.4 cm³/mol. The molecule has 0 spiro atoms. The lowest BCUT2D eigenvalue weighted by atomic mass is 10.0. The van der Waals surface area contributed by atoms with E-state index < -0.39 is 0 Å². The number of hydrogen-bond donors (Lipinski definition) is 1. The fourth-order valence-corrected chi connectivity index (χ4v) is 3.22. The molecule has 1 N–H and O–H groups in total. The molecule has 22 heavy (non-hydrogen) atoms. The predicted octanol–water partition coefficient (Wildman–Crippen LogP) is 1.60. The summed E-state index contributed by atoms with van der Waals surface area (Å²) in [6.45, 7) is 4.34. The topological polar surface area (TPSA) is 53.5 Å². The lowest BCUT2D eigenvalue weighted by molar-refractivity contribution is 0.0654. The summed E-state index contributed by atoms with van der Waals surface area (Å²) < 4.78 is 5.73. The normalized spacial score (nSPS) is 23.6. The Morgan fingerprint density at radius 2 is 2.09 bits per heavy atom. The number of nitrogens with one attached hydrogen (secondary N) is 1. The van der Waals surface area contributed by atoms with E-state index in [0.29, 0.717) is 12.1 Å². The zero-order valence-corrected chi connectivity index (χ0v) is 13.7. The molecule has 2 fully saturated rings. The molecule has 2 saturated heterocycles. The average Bonchev–Trinajstić information content (AvgIpc) is 3.02. The van der Waals surface area contributed by atoms with Crippen molar-refractivity contribution < 1.29 is 4.74 Å². The first-order valence-corrected chi connectivity index (χ1v) is 8.30. The second-order valence-corrected chi connectivity index (χ2v) is 6.51. The minimum atomic E-state index is 0.467. The van der Waals surface area contributed by atoms with Crippen molar-refractivity contribution >= 4 is 11.6 Å². The van der Waals surface area contributed by atoms with Crippen LogP contribution in [0.25, 0.3) is 0 Å². The maximum absolute atomic E-state index is 5.73. The third kappa shape index (κ3) is 4.08. The average molecular weight is 305 g/mol. The molecule has 2 aliphatic heterocycles. The second kappa shape index (κ2) is 7.24. The van der Waals surface area contributed by atoms with Crippen LogP contribution < -0.4 is 10.2 Å². The quantitative estimate of drug-likeness (QED) is 0.892. The first-order valence-electron chi connectivity index (χ1n) is 8.30. The lowest BCUT2D eigenvalue weighted by Gasteiger charge is -2.33. The van der Waals surface area contributed by atoms with Gasteiger partial charge in [-0.15, -0.1) is 0 Å². The number of ether oxygens (including phenoxy) is 1. The minimum Gasteiger partial charge on any atom is -0.377 e. The van der Waals surface area contributed by atoms with Crippen molar-refractivity contribution in [3.63, 3.8) is 0 Å². The van der Waals surface area contributed by atoms with Gasteiger partial charge < -0.3 is 19.9 Å². The van der Waals surface area contributed by atoms with E-state index in [1.54, 1.807) is 6.33 Å². The molecule has 3 heterocycles. The van der Waals surface area contributed by atoms with Crippen molar-refractivity contribution in [1.82, 2.24) is 14.9 Å². The fraction of sp³-hybridized carbons (Fsp3) is 0.750. The molecule has 1 atom stereocenters. The van der Waals surface area contributed by atoms with Crippen LogP contribution in [0.3, 0.4) is 0 Å². The molecular weight excluding hydrogens is 278 g/mol. The van der Waals surface area contributed by atoms with Crippen LogP contribution in [0, 0.1) is 0 Å². The molecule has 3 rings (SSSR count). The van der Waals surface area contributed by atoms with Gasteiger partial charge >= 0.3 is 0 Å². The summed E-state index contributed by atoms with van der Waals surface area (Å²) >= 11 is 0. The van der Waals surface area contributed by atoms with E-state index in [2.05, 4.69) is 20.2 Å². The van der Waals surface area contributed by atoms with Crippen LogP contribution in [0.15, 0.2) is 12.4 Å². The van der Waals surface area contributed by atoms with Gasteiger partial charge in [-0.25, -0.2) is 9.97 Å². The fourth-order valence-electron chi connectivity index (χ4n) is 3.22. The van der Waals surface area contributed by atoms with E-state index in [1.807, 2.05) is 25.1 Å². The Hall–Kier alpha value is -1.40. The van der Waals surface area contributed by atoms with Crippen LogP contribution >= 0.6 is 0 Å². The van der Waals surface area contributed by atoms with Crippen LogP contribution in [0.1, 0.15) is 25.7 Å². The summed E-state index contributed by atoms with van der Waals surface area (Å²) in [5.41, 5.74) is 0. The molecule has 6 heteroatoms. The maximum atomic E-state index is 5.73. The van der Waals surface area contributed by atoms with Crippen LogP contribution in [-0.4, -0.2) is 67.4 Å². The van der Waals surface area contributed by atoms with Gasteiger partial charge in [0.1, 0.15) is 18.0 Å². The van der Waals surface area contributed by atoms with E-state index in [4.69, 9.17) is 4.74 Å². The Morgan fingerprint density at radius 3 is 2.77 bits per heavy atom. The zero-order chi connectivity index (χ0) is 15.4. The number of nitrogens with zero attached hydrogens (tertiary/aromatic N) is 4. The molecule has 122 valence electrons. The number of anilines is 2. The molecule has 0 radical (unpaired) electrons. The third-order valence-corrected chi connectivity index (χ3v) is 4.54. The first kappa shape index (κ1) is 15.5. The molecular formula is C16H27N5O. The molecule has 1 aromatic rings. The first-order chi connectivity index (χ1) is 10.7. The Labute approximate surface area is 132 Å². The van der Waals surface area contributed by atoms with E-state index in [1.165, 1.54) is 12.8 Å². The van der Waals surface area contributed by atoms with Crippen molar-refractivity contribution in [1.29, 1.82) is 0 Å². The van der Waals surface area contributed by atoms with Gasteiger partial charge in [-0.1, -0.05) is 0 Å². The SMILES string of the molecule is CN(C)c1cc(NC2CCN(CC3CCCO3)CC2)ncn1. The van der Waals surface area contributed by atoms with E-state index in [-0.39, 0.29) is 0 Å². The highest BCUT2D eigenvalue weighted by Crippen LogP contribution is 2.19. The molecule has 0 amide bonds. The number of piperidine rings is 1. The van der Waals surface area contributed by atoms with Gasteiger partial charge in [0, 0.05) is 52.4 Å². The molecule has 0 bridgehead atoms. The van der Waals surface area contributed by atoms with Gasteiger partial charge in [0.15, 0.2) is 0 Å².